The van der Waals surface area contributed by atoms with Crippen molar-refractivity contribution in [3.63, 3.8) is 0 Å². The van der Waals surface area contributed by atoms with Crippen LogP contribution in [-0.2, 0) is 0 Å². The fourth-order valence-corrected chi connectivity index (χ4v) is 2.57. The molecule has 21 heavy (non-hydrogen) atoms. The predicted molar refractivity (Wildman–Crippen MR) is 84.7 cm³/mol. The van der Waals surface area contributed by atoms with E-state index in [-0.39, 0.29) is 0 Å². The van der Waals surface area contributed by atoms with Gasteiger partial charge in [-0.2, -0.15) is 5.10 Å². The second kappa shape index (κ2) is 5.69. The van der Waals surface area contributed by atoms with Crippen molar-refractivity contribution >= 4 is 11.0 Å². The summed E-state index contributed by atoms with van der Waals surface area (Å²) in [6.45, 7) is 7.43. The van der Waals surface area contributed by atoms with Gasteiger partial charge in [0.2, 0.25) is 5.95 Å². The van der Waals surface area contributed by atoms with Gasteiger partial charge in [0.25, 0.3) is 0 Å². The van der Waals surface area contributed by atoms with Gasteiger partial charge in [-0.1, -0.05) is 19.1 Å². The van der Waals surface area contributed by atoms with E-state index in [0.717, 1.165) is 35.6 Å². The number of rotatable bonds is 5. The SMILES string of the molecule is CCCNC(C)c1cnn(-c2nc3ccccc3[nH]2)c1C. The van der Waals surface area contributed by atoms with Gasteiger partial charge in [0.15, 0.2) is 0 Å². The van der Waals surface area contributed by atoms with Gasteiger partial charge in [-0.05, 0) is 38.9 Å². The van der Waals surface area contributed by atoms with Gasteiger partial charge in [0.1, 0.15) is 0 Å². The number of para-hydroxylation sites is 2. The zero-order valence-corrected chi connectivity index (χ0v) is 12.7. The first-order chi connectivity index (χ1) is 10.2. The lowest BCUT2D eigenvalue weighted by Gasteiger charge is -2.12. The van der Waals surface area contributed by atoms with Crippen molar-refractivity contribution in [3.05, 3.63) is 41.7 Å². The molecule has 2 N–H and O–H groups in total. The number of hydrogen-bond donors (Lipinski definition) is 2. The highest BCUT2D eigenvalue weighted by molar-refractivity contribution is 5.75. The van der Waals surface area contributed by atoms with Crippen LogP contribution in [0.5, 0.6) is 0 Å². The fraction of sp³-hybridized carbons (Fsp3) is 0.375. The van der Waals surface area contributed by atoms with Crippen molar-refractivity contribution in [1.29, 1.82) is 0 Å². The maximum atomic E-state index is 4.60. The van der Waals surface area contributed by atoms with Crippen LogP contribution in [0.1, 0.15) is 37.6 Å². The molecule has 0 aliphatic rings. The van der Waals surface area contributed by atoms with Gasteiger partial charge in [-0.15, -0.1) is 0 Å². The Hall–Kier alpha value is -2.14. The van der Waals surface area contributed by atoms with Crippen LogP contribution in [0.4, 0.5) is 0 Å². The van der Waals surface area contributed by atoms with Crippen LogP contribution >= 0.6 is 0 Å². The van der Waals surface area contributed by atoms with Crippen LogP contribution in [0.15, 0.2) is 30.5 Å². The van der Waals surface area contributed by atoms with Crippen molar-refractivity contribution in [2.45, 2.75) is 33.2 Å². The van der Waals surface area contributed by atoms with Crippen molar-refractivity contribution in [3.8, 4) is 5.95 Å². The smallest absolute Gasteiger partial charge is 0.229 e. The zero-order valence-electron chi connectivity index (χ0n) is 12.7. The highest BCUT2D eigenvalue weighted by Gasteiger charge is 2.15. The first-order valence-electron chi connectivity index (χ1n) is 7.43. The van der Waals surface area contributed by atoms with E-state index < -0.39 is 0 Å². The van der Waals surface area contributed by atoms with Crippen molar-refractivity contribution in [2.75, 3.05) is 6.54 Å². The number of H-pyrrole nitrogens is 1. The number of fused-ring (bicyclic) bond motifs is 1. The van der Waals surface area contributed by atoms with Crippen LogP contribution in [0.2, 0.25) is 0 Å². The lowest BCUT2D eigenvalue weighted by Crippen LogP contribution is -2.19. The monoisotopic (exact) mass is 283 g/mol. The molecule has 0 radical (unpaired) electrons. The Morgan fingerprint density at radius 1 is 1.33 bits per heavy atom. The number of benzene rings is 1. The molecule has 1 atom stereocenters. The molecule has 3 aromatic rings. The van der Waals surface area contributed by atoms with E-state index in [2.05, 4.69) is 41.2 Å². The quantitative estimate of drug-likeness (QED) is 0.756. The minimum Gasteiger partial charge on any atom is -0.322 e. The Balaban J connectivity index is 1.94. The van der Waals surface area contributed by atoms with E-state index in [0.29, 0.717) is 6.04 Å². The van der Waals surface area contributed by atoms with Gasteiger partial charge >= 0.3 is 0 Å². The number of aromatic nitrogens is 4. The molecule has 0 bridgehead atoms. The normalized spacial score (nSPS) is 12.9. The molecule has 5 nitrogen and oxygen atoms in total. The van der Waals surface area contributed by atoms with E-state index in [9.17, 15) is 0 Å². The topological polar surface area (TPSA) is 58.5 Å². The average Bonchev–Trinajstić information content (AvgIpc) is 3.07. The molecule has 0 aliphatic carbocycles. The van der Waals surface area contributed by atoms with E-state index in [4.69, 9.17) is 0 Å². The summed E-state index contributed by atoms with van der Waals surface area (Å²) in [4.78, 5) is 7.92. The lowest BCUT2D eigenvalue weighted by atomic mass is 10.1. The maximum Gasteiger partial charge on any atom is 0.229 e. The van der Waals surface area contributed by atoms with Crippen LogP contribution in [0.3, 0.4) is 0 Å². The van der Waals surface area contributed by atoms with E-state index in [1.54, 1.807) is 0 Å². The molecule has 1 aromatic carbocycles. The second-order valence-corrected chi connectivity index (χ2v) is 5.35. The summed E-state index contributed by atoms with van der Waals surface area (Å²) in [7, 11) is 0. The molecule has 0 spiro atoms. The predicted octanol–water partition coefficient (Wildman–Crippen LogP) is 3.12. The average molecular weight is 283 g/mol. The van der Waals surface area contributed by atoms with Crippen LogP contribution in [0.25, 0.3) is 17.0 Å². The minimum absolute atomic E-state index is 0.295. The summed E-state index contributed by atoms with van der Waals surface area (Å²) in [5.74, 6) is 0.766. The van der Waals surface area contributed by atoms with Crippen molar-refractivity contribution in [1.82, 2.24) is 25.1 Å². The number of hydrogen-bond acceptors (Lipinski definition) is 3. The minimum atomic E-state index is 0.295. The third-order valence-corrected chi connectivity index (χ3v) is 3.79. The van der Waals surface area contributed by atoms with Gasteiger partial charge < -0.3 is 10.3 Å². The molecule has 2 aromatic heterocycles. The molecule has 2 heterocycles. The molecular formula is C16H21N5. The summed E-state index contributed by atoms with van der Waals surface area (Å²) >= 11 is 0. The molecular weight excluding hydrogens is 262 g/mol. The second-order valence-electron chi connectivity index (χ2n) is 5.35. The summed E-state index contributed by atoms with van der Waals surface area (Å²) in [6.07, 6.45) is 3.05. The highest BCUT2D eigenvalue weighted by Crippen LogP contribution is 2.20. The maximum absolute atomic E-state index is 4.60. The third-order valence-electron chi connectivity index (χ3n) is 3.79. The Morgan fingerprint density at radius 2 is 2.14 bits per heavy atom. The molecule has 5 heteroatoms. The Kier molecular flexibility index (Phi) is 3.75. The third kappa shape index (κ3) is 2.56. The van der Waals surface area contributed by atoms with Crippen LogP contribution < -0.4 is 5.32 Å². The summed E-state index contributed by atoms with van der Waals surface area (Å²) < 4.78 is 1.87. The standard InChI is InChI=1S/C16H21N5/c1-4-9-17-11(2)13-10-18-21(12(13)3)16-19-14-7-5-6-8-15(14)20-16/h5-8,10-11,17H,4,9H2,1-3H3,(H,19,20). The Morgan fingerprint density at radius 3 is 2.90 bits per heavy atom. The molecule has 110 valence electrons. The zero-order chi connectivity index (χ0) is 14.8. The summed E-state index contributed by atoms with van der Waals surface area (Å²) in [6, 6.07) is 8.31. The lowest BCUT2D eigenvalue weighted by molar-refractivity contribution is 0.567. The molecule has 0 saturated carbocycles. The van der Waals surface area contributed by atoms with E-state index in [1.807, 2.05) is 35.1 Å². The van der Waals surface area contributed by atoms with E-state index >= 15 is 0 Å². The summed E-state index contributed by atoms with van der Waals surface area (Å²) in [5.41, 5.74) is 4.32. The molecule has 0 fully saturated rings. The van der Waals surface area contributed by atoms with Gasteiger partial charge in [0.05, 0.1) is 17.2 Å². The summed E-state index contributed by atoms with van der Waals surface area (Å²) in [5, 5.41) is 7.99. The highest BCUT2D eigenvalue weighted by atomic mass is 15.4. The first-order valence-corrected chi connectivity index (χ1v) is 7.43. The van der Waals surface area contributed by atoms with Crippen LogP contribution in [-0.4, -0.2) is 26.3 Å². The number of aromatic amines is 1. The molecule has 0 saturated heterocycles. The number of nitrogens with one attached hydrogen (secondary N) is 2. The van der Waals surface area contributed by atoms with Crippen molar-refractivity contribution in [2.24, 2.45) is 0 Å². The fourth-order valence-electron chi connectivity index (χ4n) is 2.57. The number of imidazole rings is 1. The molecule has 1 unspecified atom stereocenters. The molecule has 0 aliphatic heterocycles. The van der Waals surface area contributed by atoms with Crippen LogP contribution in [0, 0.1) is 6.92 Å². The Labute approximate surface area is 124 Å². The van der Waals surface area contributed by atoms with Crippen molar-refractivity contribution < 1.29 is 0 Å². The first kappa shape index (κ1) is 13.8. The van der Waals surface area contributed by atoms with Gasteiger partial charge in [-0.25, -0.2) is 9.67 Å². The van der Waals surface area contributed by atoms with Gasteiger partial charge in [0, 0.05) is 17.3 Å². The number of nitrogens with zero attached hydrogens (tertiary/aromatic N) is 3. The molecule has 3 rings (SSSR count). The molecule has 0 amide bonds. The van der Waals surface area contributed by atoms with E-state index in [1.165, 1.54) is 5.56 Å². The Bertz CT molecular complexity index is 707. The van der Waals surface area contributed by atoms with Gasteiger partial charge in [-0.3, -0.25) is 0 Å². The largest absolute Gasteiger partial charge is 0.322 e.